The first-order valence-electron chi connectivity index (χ1n) is 4.98. The van der Waals surface area contributed by atoms with E-state index >= 15 is 0 Å². The molecule has 2 aromatic rings. The van der Waals surface area contributed by atoms with E-state index in [0.717, 1.165) is 0 Å². The first-order valence-corrected chi connectivity index (χ1v) is 4.98. The molecule has 1 N–H and O–H groups in total. The molecule has 0 saturated carbocycles. The number of rotatable bonds is 2. The largest absolute Gasteiger partial charge is 0.478 e. The Morgan fingerprint density at radius 2 is 1.50 bits per heavy atom. The Labute approximate surface area is 100 Å². The molecule has 0 heterocycles. The summed E-state index contributed by atoms with van der Waals surface area (Å²) in [4.78, 5) is 11.0. The van der Waals surface area contributed by atoms with Gasteiger partial charge in [-0.2, -0.15) is 0 Å². The third-order valence-electron chi connectivity index (χ3n) is 2.46. The molecule has 0 spiro atoms. The Bertz CT molecular complexity index is 624. The molecule has 2 aromatic carbocycles. The van der Waals surface area contributed by atoms with Crippen molar-refractivity contribution in [1.82, 2.24) is 0 Å². The van der Waals surface area contributed by atoms with E-state index < -0.39 is 23.4 Å². The van der Waals surface area contributed by atoms with Crippen molar-refractivity contribution >= 4 is 5.97 Å². The third kappa shape index (κ3) is 2.07. The molecule has 0 saturated heterocycles. The zero-order valence-electron chi connectivity index (χ0n) is 8.95. The van der Waals surface area contributed by atoms with Crippen molar-refractivity contribution in [1.29, 1.82) is 0 Å². The van der Waals surface area contributed by atoms with Crippen molar-refractivity contribution in [2.24, 2.45) is 0 Å². The Morgan fingerprint density at radius 3 is 2.17 bits per heavy atom. The van der Waals surface area contributed by atoms with Crippen LogP contribution in [0.4, 0.5) is 13.2 Å². The summed E-state index contributed by atoms with van der Waals surface area (Å²) >= 11 is 0. The van der Waals surface area contributed by atoms with E-state index in [1.54, 1.807) is 0 Å². The molecule has 0 fully saturated rings. The van der Waals surface area contributed by atoms with Gasteiger partial charge in [-0.1, -0.05) is 18.2 Å². The fourth-order valence-electron chi connectivity index (χ4n) is 1.63. The highest BCUT2D eigenvalue weighted by Crippen LogP contribution is 2.28. The highest BCUT2D eigenvalue weighted by Gasteiger charge is 2.16. The van der Waals surface area contributed by atoms with Crippen LogP contribution in [-0.4, -0.2) is 11.1 Å². The molecule has 0 bridgehead atoms. The first-order chi connectivity index (χ1) is 8.50. The van der Waals surface area contributed by atoms with Crippen LogP contribution in [0.15, 0.2) is 36.4 Å². The topological polar surface area (TPSA) is 37.3 Å². The van der Waals surface area contributed by atoms with Gasteiger partial charge in [-0.25, -0.2) is 18.0 Å². The second kappa shape index (κ2) is 4.52. The Hall–Kier alpha value is -2.30. The molecule has 92 valence electrons. The molecule has 0 aliphatic heterocycles. The second-order valence-corrected chi connectivity index (χ2v) is 3.60. The van der Waals surface area contributed by atoms with Crippen LogP contribution in [0.25, 0.3) is 11.1 Å². The second-order valence-electron chi connectivity index (χ2n) is 3.60. The van der Waals surface area contributed by atoms with Crippen LogP contribution in [-0.2, 0) is 0 Å². The van der Waals surface area contributed by atoms with E-state index in [4.69, 9.17) is 5.11 Å². The average Bonchev–Trinajstić information content (AvgIpc) is 2.34. The highest BCUT2D eigenvalue weighted by atomic mass is 19.2. The van der Waals surface area contributed by atoms with E-state index in [1.807, 2.05) is 0 Å². The van der Waals surface area contributed by atoms with Gasteiger partial charge in [0.25, 0.3) is 0 Å². The highest BCUT2D eigenvalue weighted by molar-refractivity contribution is 5.96. The number of benzene rings is 2. The molecule has 18 heavy (non-hydrogen) atoms. The van der Waals surface area contributed by atoms with Crippen molar-refractivity contribution < 1.29 is 23.1 Å². The van der Waals surface area contributed by atoms with Crippen LogP contribution >= 0.6 is 0 Å². The number of carbonyl (C=O) groups is 1. The van der Waals surface area contributed by atoms with Gasteiger partial charge in [-0.15, -0.1) is 0 Å². The van der Waals surface area contributed by atoms with Crippen molar-refractivity contribution in [2.45, 2.75) is 0 Å². The van der Waals surface area contributed by atoms with Gasteiger partial charge in [-0.05, 0) is 17.7 Å². The van der Waals surface area contributed by atoms with Gasteiger partial charge in [0.2, 0.25) is 0 Å². The number of halogens is 3. The SMILES string of the molecule is O=C(O)c1ccccc1-c1cc(F)c(F)cc1F. The maximum absolute atomic E-state index is 13.6. The lowest BCUT2D eigenvalue weighted by Crippen LogP contribution is -2.01. The molecule has 0 aliphatic rings. The maximum Gasteiger partial charge on any atom is 0.336 e. The lowest BCUT2D eigenvalue weighted by atomic mass is 9.99. The van der Waals surface area contributed by atoms with Crippen molar-refractivity contribution in [2.75, 3.05) is 0 Å². The van der Waals surface area contributed by atoms with Crippen LogP contribution in [0.2, 0.25) is 0 Å². The molecule has 0 aliphatic carbocycles. The van der Waals surface area contributed by atoms with Gasteiger partial charge in [-0.3, -0.25) is 0 Å². The molecule has 2 rings (SSSR count). The lowest BCUT2D eigenvalue weighted by molar-refractivity contribution is 0.0697. The fourth-order valence-corrected chi connectivity index (χ4v) is 1.63. The Balaban J connectivity index is 2.69. The predicted octanol–water partition coefficient (Wildman–Crippen LogP) is 3.47. The van der Waals surface area contributed by atoms with Crippen LogP contribution in [0.3, 0.4) is 0 Å². The lowest BCUT2D eigenvalue weighted by Gasteiger charge is -2.07. The number of carboxylic acids is 1. The zero-order valence-corrected chi connectivity index (χ0v) is 8.95. The van der Waals surface area contributed by atoms with Gasteiger partial charge >= 0.3 is 5.97 Å². The van der Waals surface area contributed by atoms with Crippen molar-refractivity contribution in [3.8, 4) is 11.1 Å². The van der Waals surface area contributed by atoms with Crippen molar-refractivity contribution in [3.05, 3.63) is 59.4 Å². The molecule has 0 unspecified atom stereocenters. The summed E-state index contributed by atoms with van der Waals surface area (Å²) in [6.07, 6.45) is 0. The maximum atomic E-state index is 13.6. The van der Waals surface area contributed by atoms with E-state index in [9.17, 15) is 18.0 Å². The molecule has 2 nitrogen and oxygen atoms in total. The normalized spacial score (nSPS) is 10.4. The first kappa shape index (κ1) is 12.2. The Morgan fingerprint density at radius 1 is 0.889 bits per heavy atom. The van der Waals surface area contributed by atoms with Gasteiger partial charge in [0.15, 0.2) is 11.6 Å². The van der Waals surface area contributed by atoms with E-state index in [-0.39, 0.29) is 16.7 Å². The smallest absolute Gasteiger partial charge is 0.336 e. The van der Waals surface area contributed by atoms with Crippen molar-refractivity contribution in [3.63, 3.8) is 0 Å². The third-order valence-corrected chi connectivity index (χ3v) is 2.46. The van der Waals surface area contributed by atoms with E-state index in [1.165, 1.54) is 24.3 Å². The van der Waals surface area contributed by atoms with E-state index in [0.29, 0.717) is 12.1 Å². The quantitative estimate of drug-likeness (QED) is 0.831. The molecular weight excluding hydrogens is 245 g/mol. The summed E-state index contributed by atoms with van der Waals surface area (Å²) in [5.74, 6) is -4.83. The summed E-state index contributed by atoms with van der Waals surface area (Å²) in [6.45, 7) is 0. The number of hydrogen-bond acceptors (Lipinski definition) is 1. The number of hydrogen-bond donors (Lipinski definition) is 1. The van der Waals surface area contributed by atoms with Crippen LogP contribution in [0.5, 0.6) is 0 Å². The standard InChI is InChI=1S/C13H7F3O2/c14-10-6-12(16)11(15)5-9(10)7-3-1-2-4-8(7)13(17)18/h1-6H,(H,17,18). The molecule has 0 radical (unpaired) electrons. The summed E-state index contributed by atoms with van der Waals surface area (Å²) in [5, 5.41) is 8.95. The molecule has 0 atom stereocenters. The molecule has 5 heteroatoms. The van der Waals surface area contributed by atoms with Crippen LogP contribution < -0.4 is 0 Å². The van der Waals surface area contributed by atoms with Crippen LogP contribution in [0.1, 0.15) is 10.4 Å². The van der Waals surface area contributed by atoms with Gasteiger partial charge in [0.1, 0.15) is 5.82 Å². The number of aromatic carboxylic acids is 1. The molecule has 0 amide bonds. The van der Waals surface area contributed by atoms with E-state index in [2.05, 4.69) is 0 Å². The minimum atomic E-state index is -1.32. The average molecular weight is 252 g/mol. The van der Waals surface area contributed by atoms with Gasteiger partial charge in [0, 0.05) is 11.6 Å². The predicted molar refractivity (Wildman–Crippen MR) is 58.7 cm³/mol. The van der Waals surface area contributed by atoms with Gasteiger partial charge in [0.05, 0.1) is 5.56 Å². The minimum absolute atomic E-state index is 0.00130. The van der Waals surface area contributed by atoms with Crippen LogP contribution in [0, 0.1) is 17.5 Å². The molecule has 0 aromatic heterocycles. The summed E-state index contributed by atoms with van der Waals surface area (Å²) < 4.78 is 39.5. The monoisotopic (exact) mass is 252 g/mol. The van der Waals surface area contributed by atoms with Gasteiger partial charge < -0.3 is 5.11 Å². The number of carboxylic acid groups (broad SMARTS) is 1. The summed E-state index contributed by atoms with van der Waals surface area (Å²) in [5.41, 5.74) is -0.462. The minimum Gasteiger partial charge on any atom is -0.478 e. The molecular formula is C13H7F3O2. The summed E-state index contributed by atoms with van der Waals surface area (Å²) in [6, 6.07) is 6.58. The Kier molecular flexibility index (Phi) is 3.06. The zero-order chi connectivity index (χ0) is 13.3. The summed E-state index contributed by atoms with van der Waals surface area (Å²) in [7, 11) is 0. The fraction of sp³-hybridized carbons (Fsp3) is 0.